The largest absolute Gasteiger partial charge is 0.466 e. The van der Waals surface area contributed by atoms with Crippen molar-refractivity contribution < 1.29 is 23.5 Å². The number of anilines is 2. The average Bonchev–Trinajstić information content (AvgIpc) is 3.27. The molecule has 2 amide bonds. The number of carbonyl (C=O) groups excluding carboxylic acids is 3. The first-order valence-corrected chi connectivity index (χ1v) is 8.71. The molecule has 1 N–H and O–H groups in total. The molecule has 142 valence electrons. The van der Waals surface area contributed by atoms with Crippen LogP contribution in [0.5, 0.6) is 0 Å². The Labute approximate surface area is 155 Å². The van der Waals surface area contributed by atoms with Gasteiger partial charge in [-0.1, -0.05) is 23.3 Å². The summed E-state index contributed by atoms with van der Waals surface area (Å²) in [6.45, 7) is 2.40. The van der Waals surface area contributed by atoms with Crippen LogP contribution in [0.1, 0.15) is 38.0 Å². The lowest BCUT2D eigenvalue weighted by Crippen LogP contribution is -2.24. The van der Waals surface area contributed by atoms with Gasteiger partial charge < -0.3 is 14.1 Å². The summed E-state index contributed by atoms with van der Waals surface area (Å²) in [6.07, 6.45) is 0.192. The van der Waals surface area contributed by atoms with E-state index >= 15 is 0 Å². The van der Waals surface area contributed by atoms with Crippen molar-refractivity contribution in [2.75, 3.05) is 23.4 Å². The number of amides is 2. The van der Waals surface area contributed by atoms with Gasteiger partial charge in [0.25, 0.3) is 0 Å². The molecule has 0 saturated carbocycles. The molecule has 3 rings (SSSR count). The van der Waals surface area contributed by atoms with Crippen LogP contribution in [0.15, 0.2) is 34.7 Å². The molecule has 2 aromatic rings. The summed E-state index contributed by atoms with van der Waals surface area (Å²) in [4.78, 5) is 37.0. The van der Waals surface area contributed by atoms with Crippen LogP contribution >= 0.6 is 0 Å². The molecule has 1 aliphatic rings. The molecule has 1 fully saturated rings. The first-order valence-electron chi connectivity index (χ1n) is 8.71. The Hall–Kier alpha value is -3.23. The van der Waals surface area contributed by atoms with Gasteiger partial charge in [0, 0.05) is 25.1 Å². The normalized spacial score (nSPS) is 16.4. The zero-order chi connectivity index (χ0) is 19.2. The number of aromatic nitrogens is 2. The number of ether oxygens (including phenoxy) is 1. The second-order valence-electron chi connectivity index (χ2n) is 6.04. The minimum absolute atomic E-state index is 0.0237. The fourth-order valence-electron chi connectivity index (χ4n) is 2.81. The minimum atomic E-state index is -0.440. The fraction of sp³-hybridized carbons (Fsp3) is 0.389. The Morgan fingerprint density at radius 2 is 2.04 bits per heavy atom. The van der Waals surface area contributed by atoms with E-state index in [1.54, 1.807) is 11.8 Å². The Kier molecular flexibility index (Phi) is 5.80. The van der Waals surface area contributed by atoms with Crippen LogP contribution in [0.2, 0.25) is 0 Å². The maximum Gasteiger partial charge on any atom is 0.322 e. The van der Waals surface area contributed by atoms with E-state index in [1.807, 2.05) is 30.3 Å². The zero-order valence-corrected chi connectivity index (χ0v) is 14.9. The van der Waals surface area contributed by atoms with Gasteiger partial charge in [0.15, 0.2) is 0 Å². The quantitative estimate of drug-likeness (QED) is 0.738. The van der Waals surface area contributed by atoms with Crippen molar-refractivity contribution in [1.29, 1.82) is 0 Å². The third kappa shape index (κ3) is 4.69. The van der Waals surface area contributed by atoms with E-state index in [1.165, 1.54) is 0 Å². The molecule has 0 bridgehead atoms. The maximum atomic E-state index is 12.3. The van der Waals surface area contributed by atoms with Crippen molar-refractivity contribution in [3.8, 4) is 0 Å². The number of esters is 1. The zero-order valence-electron chi connectivity index (χ0n) is 14.9. The standard InChI is InChI=1S/C18H20N4O5/c1-2-26-16(25)9-8-14(23)19-18-21-20-17(27-18)12-10-15(24)22(11-12)13-6-4-3-5-7-13/h3-7,12H,2,8-11H2,1H3,(H,19,21,23). The van der Waals surface area contributed by atoms with Crippen LogP contribution < -0.4 is 10.2 Å². The van der Waals surface area contributed by atoms with Crippen molar-refractivity contribution in [3.05, 3.63) is 36.2 Å². The average molecular weight is 372 g/mol. The molecule has 0 spiro atoms. The molecule has 1 aromatic heterocycles. The predicted octanol–water partition coefficient (Wildman–Crippen LogP) is 1.87. The minimum Gasteiger partial charge on any atom is -0.466 e. The molecule has 1 saturated heterocycles. The summed E-state index contributed by atoms with van der Waals surface area (Å²) >= 11 is 0. The van der Waals surface area contributed by atoms with Gasteiger partial charge in [0.05, 0.1) is 18.9 Å². The van der Waals surface area contributed by atoms with Crippen molar-refractivity contribution in [3.63, 3.8) is 0 Å². The van der Waals surface area contributed by atoms with Crippen molar-refractivity contribution in [1.82, 2.24) is 10.2 Å². The Morgan fingerprint density at radius 3 is 2.78 bits per heavy atom. The van der Waals surface area contributed by atoms with E-state index in [9.17, 15) is 14.4 Å². The van der Waals surface area contributed by atoms with E-state index in [2.05, 4.69) is 15.5 Å². The van der Waals surface area contributed by atoms with Gasteiger partial charge >= 0.3 is 12.0 Å². The number of nitrogens with zero attached hydrogens (tertiary/aromatic N) is 3. The van der Waals surface area contributed by atoms with Gasteiger partial charge in [-0.05, 0) is 19.1 Å². The topological polar surface area (TPSA) is 115 Å². The molecule has 9 nitrogen and oxygen atoms in total. The number of benzene rings is 1. The second kappa shape index (κ2) is 8.43. The number of para-hydroxylation sites is 1. The highest BCUT2D eigenvalue weighted by atomic mass is 16.5. The van der Waals surface area contributed by atoms with Gasteiger partial charge in [-0.3, -0.25) is 19.7 Å². The molecule has 0 aliphatic carbocycles. The van der Waals surface area contributed by atoms with Crippen LogP contribution in [0.4, 0.5) is 11.7 Å². The van der Waals surface area contributed by atoms with E-state index in [0.29, 0.717) is 12.4 Å². The molecular formula is C18H20N4O5. The van der Waals surface area contributed by atoms with Crippen LogP contribution in [-0.2, 0) is 19.1 Å². The molecule has 1 unspecified atom stereocenters. The lowest BCUT2D eigenvalue weighted by Gasteiger charge is -2.15. The van der Waals surface area contributed by atoms with E-state index in [0.717, 1.165) is 5.69 Å². The summed E-state index contributed by atoms with van der Waals surface area (Å²) in [5.74, 6) is -0.835. The first kappa shape index (κ1) is 18.6. The highest BCUT2D eigenvalue weighted by molar-refractivity contribution is 5.96. The number of hydrogen-bond acceptors (Lipinski definition) is 7. The number of rotatable bonds is 7. The highest BCUT2D eigenvalue weighted by Gasteiger charge is 2.35. The predicted molar refractivity (Wildman–Crippen MR) is 94.9 cm³/mol. The van der Waals surface area contributed by atoms with Gasteiger partial charge in [-0.25, -0.2) is 0 Å². The van der Waals surface area contributed by atoms with Crippen molar-refractivity contribution in [2.24, 2.45) is 0 Å². The van der Waals surface area contributed by atoms with Crippen LogP contribution in [0.3, 0.4) is 0 Å². The van der Waals surface area contributed by atoms with Gasteiger partial charge in [0.1, 0.15) is 0 Å². The lowest BCUT2D eigenvalue weighted by molar-refractivity contribution is -0.144. The summed E-state index contributed by atoms with van der Waals surface area (Å²) in [6, 6.07) is 9.30. The summed E-state index contributed by atoms with van der Waals surface area (Å²) in [5.41, 5.74) is 0.817. The molecule has 2 heterocycles. The number of hydrogen-bond donors (Lipinski definition) is 1. The molecule has 1 aliphatic heterocycles. The summed E-state index contributed by atoms with van der Waals surface area (Å²) in [7, 11) is 0. The molecule has 1 aromatic carbocycles. The smallest absolute Gasteiger partial charge is 0.322 e. The van der Waals surface area contributed by atoms with Gasteiger partial charge in [-0.2, -0.15) is 0 Å². The molecule has 9 heteroatoms. The van der Waals surface area contributed by atoms with Gasteiger partial charge in [0.2, 0.25) is 17.7 Å². The SMILES string of the molecule is CCOC(=O)CCC(=O)Nc1nnc(C2CC(=O)N(c3ccccc3)C2)o1. The van der Waals surface area contributed by atoms with Crippen molar-refractivity contribution >= 4 is 29.5 Å². The van der Waals surface area contributed by atoms with Crippen LogP contribution in [-0.4, -0.2) is 41.1 Å². The second-order valence-corrected chi connectivity index (χ2v) is 6.04. The Bertz CT molecular complexity index is 820. The van der Waals surface area contributed by atoms with E-state index in [4.69, 9.17) is 9.15 Å². The third-order valence-corrected chi connectivity index (χ3v) is 4.09. The fourth-order valence-corrected chi connectivity index (χ4v) is 2.81. The lowest BCUT2D eigenvalue weighted by atomic mass is 10.1. The van der Waals surface area contributed by atoms with Crippen LogP contribution in [0.25, 0.3) is 0 Å². The van der Waals surface area contributed by atoms with Crippen LogP contribution in [0, 0.1) is 0 Å². The third-order valence-electron chi connectivity index (χ3n) is 4.09. The molecule has 1 atom stereocenters. The van der Waals surface area contributed by atoms with E-state index in [-0.39, 0.29) is 43.7 Å². The molecule has 0 radical (unpaired) electrons. The van der Waals surface area contributed by atoms with E-state index < -0.39 is 11.9 Å². The Morgan fingerprint density at radius 1 is 1.26 bits per heavy atom. The summed E-state index contributed by atoms with van der Waals surface area (Å²) < 4.78 is 10.2. The first-order chi connectivity index (χ1) is 13.1. The molecular weight excluding hydrogens is 352 g/mol. The Balaban J connectivity index is 1.56. The number of carbonyl (C=O) groups is 3. The maximum absolute atomic E-state index is 12.3. The molecule has 27 heavy (non-hydrogen) atoms. The monoisotopic (exact) mass is 372 g/mol. The highest BCUT2D eigenvalue weighted by Crippen LogP contribution is 2.31. The van der Waals surface area contributed by atoms with Gasteiger partial charge in [-0.15, -0.1) is 5.10 Å². The number of nitrogens with one attached hydrogen (secondary N) is 1. The van der Waals surface area contributed by atoms with Crippen molar-refractivity contribution in [2.45, 2.75) is 32.1 Å². The summed E-state index contributed by atoms with van der Waals surface area (Å²) in [5, 5.41) is 10.2.